The van der Waals surface area contributed by atoms with Gasteiger partial charge < -0.3 is 9.47 Å². The van der Waals surface area contributed by atoms with Crippen LogP contribution in [0, 0.1) is 5.92 Å². The van der Waals surface area contributed by atoms with Crippen molar-refractivity contribution < 1.29 is 9.47 Å². The molecule has 0 fully saturated rings. The Hall–Kier alpha value is -0.220. The number of hydrogen-bond acceptors (Lipinski definition) is 2. The molecule has 1 aromatic rings. The molecule has 0 spiro atoms. The van der Waals surface area contributed by atoms with E-state index in [2.05, 4.69) is 51.8 Å². The molecule has 0 radical (unpaired) electrons. The van der Waals surface area contributed by atoms with Crippen molar-refractivity contribution in [2.24, 2.45) is 5.92 Å². The highest BCUT2D eigenvalue weighted by atomic mass is 79.9. The Bertz CT molecular complexity index is 378. The average molecular weight is 380 g/mol. The molecular weight excluding hydrogens is 360 g/mol. The first-order valence-electron chi connectivity index (χ1n) is 6.22. The van der Waals surface area contributed by atoms with Crippen molar-refractivity contribution in [3.8, 4) is 11.5 Å². The van der Waals surface area contributed by atoms with Gasteiger partial charge in [0, 0.05) is 5.33 Å². The third-order valence-corrected chi connectivity index (χ3v) is 3.70. The van der Waals surface area contributed by atoms with E-state index in [-0.39, 0.29) is 0 Å². The molecule has 0 N–H and O–H groups in total. The molecule has 0 saturated carbocycles. The van der Waals surface area contributed by atoms with Crippen LogP contribution in [0.3, 0.4) is 0 Å². The summed E-state index contributed by atoms with van der Waals surface area (Å²) in [5.41, 5.74) is 1.17. The Morgan fingerprint density at radius 2 is 1.94 bits per heavy atom. The molecule has 0 bridgehead atoms. The molecule has 1 aromatic carbocycles. The average Bonchev–Trinajstić information content (AvgIpc) is 2.32. The number of rotatable bonds is 7. The zero-order valence-electron chi connectivity index (χ0n) is 11.1. The minimum Gasteiger partial charge on any atom is -0.490 e. The van der Waals surface area contributed by atoms with Crippen molar-refractivity contribution in [2.45, 2.75) is 32.5 Å². The van der Waals surface area contributed by atoms with E-state index in [0.29, 0.717) is 19.1 Å². The molecule has 0 heterocycles. The topological polar surface area (TPSA) is 18.5 Å². The van der Waals surface area contributed by atoms with E-state index in [1.54, 1.807) is 0 Å². The molecule has 0 saturated heterocycles. The highest BCUT2D eigenvalue weighted by Gasteiger charge is 2.12. The van der Waals surface area contributed by atoms with Gasteiger partial charge in [-0.3, -0.25) is 0 Å². The quantitative estimate of drug-likeness (QED) is 0.608. The summed E-state index contributed by atoms with van der Waals surface area (Å²) in [6, 6.07) is 4.08. The van der Waals surface area contributed by atoms with Gasteiger partial charge in [0.2, 0.25) is 0 Å². The highest BCUT2D eigenvalue weighted by Crippen LogP contribution is 2.37. The SMILES string of the molecule is CCOc1cc(CBr)cc(Br)c1OCCC(C)C. The first kappa shape index (κ1) is 15.8. The fourth-order valence-corrected chi connectivity index (χ4v) is 2.43. The molecule has 1 rings (SSSR count). The minimum absolute atomic E-state index is 0.638. The summed E-state index contributed by atoms with van der Waals surface area (Å²) in [5.74, 6) is 2.26. The van der Waals surface area contributed by atoms with E-state index in [4.69, 9.17) is 9.47 Å². The van der Waals surface area contributed by atoms with Crippen molar-refractivity contribution in [3.05, 3.63) is 22.2 Å². The summed E-state index contributed by atoms with van der Waals surface area (Å²) in [4.78, 5) is 0. The van der Waals surface area contributed by atoms with Crippen molar-refractivity contribution in [1.29, 1.82) is 0 Å². The molecule has 18 heavy (non-hydrogen) atoms. The van der Waals surface area contributed by atoms with Crippen LogP contribution in [0.5, 0.6) is 11.5 Å². The van der Waals surface area contributed by atoms with Crippen LogP contribution in [0.4, 0.5) is 0 Å². The number of benzene rings is 1. The molecular formula is C14H20Br2O2. The van der Waals surface area contributed by atoms with Crippen LogP contribution >= 0.6 is 31.9 Å². The zero-order chi connectivity index (χ0) is 13.5. The van der Waals surface area contributed by atoms with Gasteiger partial charge >= 0.3 is 0 Å². The molecule has 102 valence electrons. The van der Waals surface area contributed by atoms with Gasteiger partial charge in [0.15, 0.2) is 11.5 Å². The fraction of sp³-hybridized carbons (Fsp3) is 0.571. The second-order valence-corrected chi connectivity index (χ2v) is 5.92. The summed E-state index contributed by atoms with van der Waals surface area (Å²) in [6.45, 7) is 7.71. The van der Waals surface area contributed by atoms with Crippen LogP contribution in [0.1, 0.15) is 32.8 Å². The monoisotopic (exact) mass is 378 g/mol. The van der Waals surface area contributed by atoms with Crippen LogP contribution < -0.4 is 9.47 Å². The van der Waals surface area contributed by atoms with Crippen LogP contribution in [-0.4, -0.2) is 13.2 Å². The lowest BCUT2D eigenvalue weighted by Crippen LogP contribution is -2.04. The van der Waals surface area contributed by atoms with Crippen LogP contribution in [-0.2, 0) is 5.33 Å². The van der Waals surface area contributed by atoms with Crippen molar-refractivity contribution in [3.63, 3.8) is 0 Å². The Morgan fingerprint density at radius 1 is 1.22 bits per heavy atom. The largest absolute Gasteiger partial charge is 0.490 e. The van der Waals surface area contributed by atoms with Gasteiger partial charge in [-0.1, -0.05) is 29.8 Å². The van der Waals surface area contributed by atoms with E-state index in [0.717, 1.165) is 27.7 Å². The predicted octanol–water partition coefficient (Wildman–Crippen LogP) is 5.17. The van der Waals surface area contributed by atoms with Gasteiger partial charge in [-0.05, 0) is 52.9 Å². The van der Waals surface area contributed by atoms with Crippen LogP contribution in [0.15, 0.2) is 16.6 Å². The summed E-state index contributed by atoms with van der Waals surface area (Å²) in [5, 5.41) is 0.804. The molecule has 0 atom stereocenters. The first-order chi connectivity index (χ1) is 8.58. The van der Waals surface area contributed by atoms with Gasteiger partial charge in [-0.25, -0.2) is 0 Å². The maximum Gasteiger partial charge on any atom is 0.175 e. The van der Waals surface area contributed by atoms with Gasteiger partial charge in [0.25, 0.3) is 0 Å². The molecule has 0 aromatic heterocycles. The minimum atomic E-state index is 0.638. The normalized spacial score (nSPS) is 10.8. The van der Waals surface area contributed by atoms with Crippen molar-refractivity contribution >= 4 is 31.9 Å². The lowest BCUT2D eigenvalue weighted by atomic mass is 10.1. The van der Waals surface area contributed by atoms with E-state index < -0.39 is 0 Å². The lowest BCUT2D eigenvalue weighted by Gasteiger charge is -2.15. The smallest absolute Gasteiger partial charge is 0.175 e. The Kier molecular flexibility index (Phi) is 7.08. The third kappa shape index (κ3) is 4.81. The molecule has 0 aliphatic carbocycles. The van der Waals surface area contributed by atoms with E-state index in [1.165, 1.54) is 5.56 Å². The Morgan fingerprint density at radius 3 is 2.50 bits per heavy atom. The van der Waals surface area contributed by atoms with Crippen molar-refractivity contribution in [2.75, 3.05) is 13.2 Å². The van der Waals surface area contributed by atoms with Crippen LogP contribution in [0.25, 0.3) is 0 Å². The number of halogens is 2. The van der Waals surface area contributed by atoms with E-state index >= 15 is 0 Å². The summed E-state index contributed by atoms with van der Waals surface area (Å²) in [7, 11) is 0. The summed E-state index contributed by atoms with van der Waals surface area (Å²) >= 11 is 7.01. The van der Waals surface area contributed by atoms with Gasteiger partial charge in [-0.15, -0.1) is 0 Å². The summed E-state index contributed by atoms with van der Waals surface area (Å²) in [6.07, 6.45) is 1.04. The standard InChI is InChI=1S/C14H20Br2O2/c1-4-17-13-8-11(9-15)7-12(16)14(13)18-6-5-10(2)3/h7-8,10H,4-6,9H2,1-3H3. The summed E-state index contributed by atoms with van der Waals surface area (Å²) < 4.78 is 12.4. The maximum atomic E-state index is 5.84. The lowest BCUT2D eigenvalue weighted by molar-refractivity contribution is 0.260. The second-order valence-electron chi connectivity index (χ2n) is 4.50. The number of ether oxygens (including phenoxy) is 2. The Labute approximate surface area is 126 Å². The zero-order valence-corrected chi connectivity index (χ0v) is 14.3. The highest BCUT2D eigenvalue weighted by molar-refractivity contribution is 9.10. The van der Waals surface area contributed by atoms with Gasteiger partial charge in [0.1, 0.15) is 0 Å². The maximum absolute atomic E-state index is 5.84. The van der Waals surface area contributed by atoms with Crippen molar-refractivity contribution in [1.82, 2.24) is 0 Å². The molecule has 0 aliphatic rings. The van der Waals surface area contributed by atoms with E-state index in [9.17, 15) is 0 Å². The second kappa shape index (κ2) is 8.05. The van der Waals surface area contributed by atoms with Gasteiger partial charge in [0.05, 0.1) is 17.7 Å². The van der Waals surface area contributed by atoms with E-state index in [1.807, 2.05) is 13.0 Å². The molecule has 2 nitrogen and oxygen atoms in total. The first-order valence-corrected chi connectivity index (χ1v) is 8.13. The predicted molar refractivity (Wildman–Crippen MR) is 82.9 cm³/mol. The van der Waals surface area contributed by atoms with Gasteiger partial charge in [-0.2, -0.15) is 0 Å². The number of hydrogen-bond donors (Lipinski definition) is 0. The number of alkyl halides is 1. The fourth-order valence-electron chi connectivity index (χ4n) is 1.50. The molecule has 0 unspecified atom stereocenters. The third-order valence-electron chi connectivity index (χ3n) is 2.47. The molecule has 0 aliphatic heterocycles. The van der Waals surface area contributed by atoms with Crippen LogP contribution in [0.2, 0.25) is 0 Å². The molecule has 4 heteroatoms. The Balaban J connectivity index is 2.86. The molecule has 0 amide bonds.